The quantitative estimate of drug-likeness (QED) is 0.393. The smallest absolute Gasteiger partial charge is 0.408 e. The molecule has 2 aromatic rings. The van der Waals surface area contributed by atoms with E-state index in [9.17, 15) is 14.0 Å². The first-order chi connectivity index (χ1) is 16.1. The maximum atomic E-state index is 13.7. The molecule has 13 heteroatoms. The van der Waals surface area contributed by atoms with Gasteiger partial charge in [0.05, 0.1) is 10.2 Å². The highest BCUT2D eigenvalue weighted by Crippen LogP contribution is 2.41. The molecule has 1 aromatic heterocycles. The maximum Gasteiger partial charge on any atom is 0.408 e. The lowest BCUT2D eigenvalue weighted by Gasteiger charge is -2.23. The molecule has 0 bridgehead atoms. The van der Waals surface area contributed by atoms with E-state index in [1.165, 1.54) is 34.9 Å². The third-order valence-electron chi connectivity index (χ3n) is 4.99. The van der Waals surface area contributed by atoms with Crippen molar-refractivity contribution in [2.24, 2.45) is 5.16 Å². The third-order valence-corrected chi connectivity index (χ3v) is 6.55. The Bertz CT molecular complexity index is 1190. The molecule has 2 heterocycles. The van der Waals surface area contributed by atoms with Gasteiger partial charge in [-0.1, -0.05) is 5.16 Å². The summed E-state index contributed by atoms with van der Waals surface area (Å²) in [5.41, 5.74) is -0.220. The van der Waals surface area contributed by atoms with E-state index < -0.39 is 17.5 Å². The van der Waals surface area contributed by atoms with Crippen molar-refractivity contribution in [1.29, 1.82) is 0 Å². The number of anilines is 1. The lowest BCUT2D eigenvalue weighted by Crippen LogP contribution is -2.41. The number of oxime groups is 1. The van der Waals surface area contributed by atoms with Crippen molar-refractivity contribution < 1.29 is 28.2 Å². The molecule has 0 unspecified atom stereocenters. The molecule has 1 aliphatic carbocycles. The molecule has 1 amide bonds. The molecule has 1 N–H and O–H groups in total. The normalized spacial score (nSPS) is 16.6. The number of alkyl carbamates (subject to hydrolysis) is 1. The molecule has 4 rings (SSSR count). The van der Waals surface area contributed by atoms with Crippen LogP contribution in [-0.4, -0.2) is 45.1 Å². The van der Waals surface area contributed by atoms with Crippen molar-refractivity contribution in [3.63, 3.8) is 0 Å². The molecule has 1 aliphatic heterocycles. The van der Waals surface area contributed by atoms with Crippen LogP contribution >= 0.6 is 27.7 Å². The van der Waals surface area contributed by atoms with Gasteiger partial charge in [0.15, 0.2) is 16.7 Å². The molecule has 1 aromatic carbocycles. The second-order valence-electron chi connectivity index (χ2n) is 8.77. The Balaban J connectivity index is 1.45. The van der Waals surface area contributed by atoms with Crippen LogP contribution in [0.1, 0.15) is 45.7 Å². The van der Waals surface area contributed by atoms with Gasteiger partial charge in [0.25, 0.3) is 0 Å². The van der Waals surface area contributed by atoms with Crippen LogP contribution in [0.5, 0.6) is 0 Å². The minimum absolute atomic E-state index is 0.147. The summed E-state index contributed by atoms with van der Waals surface area (Å²) in [6.07, 6.45) is 1.96. The van der Waals surface area contributed by atoms with Crippen molar-refractivity contribution in [3.05, 3.63) is 40.1 Å². The van der Waals surface area contributed by atoms with Gasteiger partial charge < -0.3 is 14.9 Å². The van der Waals surface area contributed by atoms with Crippen LogP contribution in [0.2, 0.25) is 0 Å². The van der Waals surface area contributed by atoms with Gasteiger partial charge in [-0.25, -0.2) is 23.5 Å². The standard InChI is InChI=1S/C21H21BrFN5O5S/c1-20(2,3)31-19(30)24-21(6-7-21)8-9-34-18-16(25-33-27-18)17-26-32-15(11-29)28(17)12-4-5-14(23)13(22)10-12/h4-5,10H,6-9H2,1-3H3,(H,24,30). The SMILES string of the molecule is CC(C)(C)OC(=O)NC1(CCSc2nonc2C2=NOC(=C=O)N2c2ccc(F)c(Br)c2)CC1. The maximum absolute atomic E-state index is 13.7. The van der Waals surface area contributed by atoms with E-state index in [-0.39, 0.29) is 27.4 Å². The van der Waals surface area contributed by atoms with Gasteiger partial charge in [0, 0.05) is 11.3 Å². The fourth-order valence-electron chi connectivity index (χ4n) is 3.20. The summed E-state index contributed by atoms with van der Waals surface area (Å²) >= 11 is 4.49. The molecule has 180 valence electrons. The first-order valence-electron chi connectivity index (χ1n) is 10.3. The highest BCUT2D eigenvalue weighted by Gasteiger charge is 2.44. The number of thioether (sulfide) groups is 1. The van der Waals surface area contributed by atoms with E-state index in [0.717, 1.165) is 12.8 Å². The molecular weight excluding hydrogens is 533 g/mol. The molecule has 0 radical (unpaired) electrons. The first kappa shape index (κ1) is 24.2. The van der Waals surface area contributed by atoms with Crippen LogP contribution in [-0.2, 0) is 14.4 Å². The van der Waals surface area contributed by atoms with E-state index in [2.05, 4.69) is 36.7 Å². The third kappa shape index (κ3) is 5.43. The van der Waals surface area contributed by atoms with Crippen molar-refractivity contribution in [2.45, 2.75) is 56.2 Å². The highest BCUT2D eigenvalue weighted by atomic mass is 79.9. The van der Waals surface area contributed by atoms with Crippen LogP contribution in [0.4, 0.5) is 14.9 Å². The number of amides is 1. The molecule has 1 fully saturated rings. The van der Waals surface area contributed by atoms with Gasteiger partial charge in [0.2, 0.25) is 5.84 Å². The van der Waals surface area contributed by atoms with Crippen LogP contribution < -0.4 is 10.2 Å². The van der Waals surface area contributed by atoms with Gasteiger partial charge in [-0.2, -0.15) is 0 Å². The number of hydrogen-bond acceptors (Lipinski definition) is 10. The van der Waals surface area contributed by atoms with Crippen molar-refractivity contribution in [3.8, 4) is 0 Å². The monoisotopic (exact) mass is 553 g/mol. The molecule has 1 saturated carbocycles. The van der Waals surface area contributed by atoms with Crippen molar-refractivity contribution in [2.75, 3.05) is 10.7 Å². The molecule has 0 saturated heterocycles. The predicted molar refractivity (Wildman–Crippen MR) is 124 cm³/mol. The van der Waals surface area contributed by atoms with E-state index in [1.807, 2.05) is 20.8 Å². The number of hydrogen-bond donors (Lipinski definition) is 1. The fourth-order valence-corrected chi connectivity index (χ4v) is 4.61. The lowest BCUT2D eigenvalue weighted by atomic mass is 10.2. The fraction of sp³-hybridized carbons (Fsp3) is 0.429. The van der Waals surface area contributed by atoms with E-state index in [0.29, 0.717) is 22.9 Å². The second kappa shape index (κ2) is 9.40. The zero-order valence-corrected chi connectivity index (χ0v) is 21.0. The zero-order valence-electron chi connectivity index (χ0n) is 18.6. The van der Waals surface area contributed by atoms with Gasteiger partial charge >= 0.3 is 12.0 Å². The van der Waals surface area contributed by atoms with Crippen molar-refractivity contribution in [1.82, 2.24) is 15.6 Å². The Hall–Kier alpha value is -2.89. The summed E-state index contributed by atoms with van der Waals surface area (Å²) < 4.78 is 24.2. The Labute approximate surface area is 207 Å². The number of nitrogens with one attached hydrogen (secondary N) is 1. The van der Waals surface area contributed by atoms with Gasteiger partial charge in [0.1, 0.15) is 11.4 Å². The number of ether oxygens (including phenoxy) is 1. The Morgan fingerprint density at radius 2 is 2.15 bits per heavy atom. The first-order valence-corrected chi connectivity index (χ1v) is 12.1. The Morgan fingerprint density at radius 3 is 2.79 bits per heavy atom. The molecule has 2 aliphatic rings. The molecule has 0 spiro atoms. The minimum Gasteiger partial charge on any atom is -0.444 e. The van der Waals surface area contributed by atoms with Gasteiger partial charge in [-0.05, 0) is 84.5 Å². The average molecular weight is 554 g/mol. The molecule has 0 atom stereocenters. The zero-order chi connectivity index (χ0) is 24.5. The van der Waals surface area contributed by atoms with Crippen molar-refractivity contribution >= 4 is 51.2 Å². The summed E-state index contributed by atoms with van der Waals surface area (Å²) in [5.74, 6) is 1.72. The van der Waals surface area contributed by atoms with Gasteiger partial charge in [-0.15, -0.1) is 11.8 Å². The topological polar surface area (TPSA) is 119 Å². The molecular formula is C21H21BrFN5O5S. The van der Waals surface area contributed by atoms with Gasteiger partial charge in [-0.3, -0.25) is 0 Å². The number of halogens is 2. The van der Waals surface area contributed by atoms with E-state index in [4.69, 9.17) is 14.2 Å². The number of benzene rings is 1. The highest BCUT2D eigenvalue weighted by molar-refractivity contribution is 9.10. The summed E-state index contributed by atoms with van der Waals surface area (Å²) in [5, 5.41) is 15.2. The molecule has 34 heavy (non-hydrogen) atoms. The number of aromatic nitrogens is 2. The summed E-state index contributed by atoms with van der Waals surface area (Å²) in [7, 11) is 0. The molecule has 10 nitrogen and oxygen atoms in total. The number of amidine groups is 1. The van der Waals surface area contributed by atoms with E-state index in [1.54, 1.807) is 5.94 Å². The Kier molecular flexibility index (Phi) is 6.70. The minimum atomic E-state index is -0.568. The van der Waals surface area contributed by atoms with E-state index >= 15 is 0 Å². The van der Waals surface area contributed by atoms with Crippen LogP contribution in [0.15, 0.2) is 43.4 Å². The number of rotatable bonds is 7. The van der Waals surface area contributed by atoms with Crippen LogP contribution in [0, 0.1) is 5.82 Å². The van der Waals surface area contributed by atoms with Crippen LogP contribution in [0.3, 0.4) is 0 Å². The largest absolute Gasteiger partial charge is 0.444 e. The van der Waals surface area contributed by atoms with Crippen LogP contribution in [0.25, 0.3) is 0 Å². The number of carbonyl (C=O) groups excluding carboxylic acids is 2. The Morgan fingerprint density at radius 1 is 1.38 bits per heavy atom. The number of nitrogens with zero attached hydrogens (tertiary/aromatic N) is 4. The second-order valence-corrected chi connectivity index (χ2v) is 10.7. The summed E-state index contributed by atoms with van der Waals surface area (Å²) in [6, 6.07) is 4.17. The number of carbonyl (C=O) groups is 1. The summed E-state index contributed by atoms with van der Waals surface area (Å²) in [4.78, 5) is 30.0. The predicted octanol–water partition coefficient (Wildman–Crippen LogP) is 4.38. The summed E-state index contributed by atoms with van der Waals surface area (Å²) in [6.45, 7) is 5.45. The average Bonchev–Trinajstić information content (AvgIpc) is 3.17. The lowest BCUT2D eigenvalue weighted by molar-refractivity contribution is 0.0495.